The fourth-order valence-corrected chi connectivity index (χ4v) is 2.31. The van der Waals surface area contributed by atoms with Crippen molar-refractivity contribution in [3.8, 4) is 0 Å². The Hall–Kier alpha value is -3.28. The summed E-state index contributed by atoms with van der Waals surface area (Å²) in [6.45, 7) is 3.64. The normalized spacial score (nSPS) is 11.1. The van der Waals surface area contributed by atoms with Gasteiger partial charge in [-0.3, -0.25) is 14.9 Å². The number of anilines is 1. The Balaban J connectivity index is 1.81. The van der Waals surface area contributed by atoms with Crippen LogP contribution in [0.5, 0.6) is 0 Å². The molecule has 0 radical (unpaired) electrons. The third-order valence-corrected chi connectivity index (χ3v) is 3.34. The maximum atomic E-state index is 12.3. The topological polar surface area (TPSA) is 85.1 Å². The van der Waals surface area contributed by atoms with Gasteiger partial charge in [-0.15, -0.1) is 0 Å². The quantitative estimate of drug-likeness (QED) is 0.750. The first-order chi connectivity index (χ1) is 11.5. The predicted molar refractivity (Wildman–Crippen MR) is 91.7 cm³/mol. The Bertz CT molecular complexity index is 986. The first-order valence-electron chi connectivity index (χ1n) is 7.35. The van der Waals surface area contributed by atoms with Crippen molar-refractivity contribution < 1.29 is 9.21 Å². The van der Waals surface area contributed by atoms with Gasteiger partial charge in [-0.25, -0.2) is 9.97 Å². The van der Waals surface area contributed by atoms with E-state index >= 15 is 0 Å². The highest BCUT2D eigenvalue weighted by atomic mass is 16.3. The van der Waals surface area contributed by atoms with Gasteiger partial charge in [0.15, 0.2) is 5.43 Å². The van der Waals surface area contributed by atoms with Crippen molar-refractivity contribution >= 4 is 28.9 Å². The van der Waals surface area contributed by atoms with Crippen LogP contribution in [0.4, 0.5) is 5.95 Å². The van der Waals surface area contributed by atoms with E-state index in [1.807, 2.05) is 19.9 Å². The van der Waals surface area contributed by atoms with Gasteiger partial charge in [0.2, 0.25) is 5.95 Å². The number of carbonyl (C=O) groups is 1. The molecule has 3 rings (SSSR count). The molecule has 1 aromatic carbocycles. The van der Waals surface area contributed by atoms with Gasteiger partial charge < -0.3 is 4.42 Å². The Morgan fingerprint density at radius 2 is 1.88 bits per heavy atom. The van der Waals surface area contributed by atoms with Crippen molar-refractivity contribution in [2.75, 3.05) is 5.32 Å². The fraction of sp³-hybridized carbons (Fsp3) is 0.111. The minimum Gasteiger partial charge on any atom is -0.463 e. The molecule has 1 N–H and O–H groups in total. The predicted octanol–water partition coefficient (Wildman–Crippen LogP) is 2.85. The van der Waals surface area contributed by atoms with Gasteiger partial charge in [-0.1, -0.05) is 12.1 Å². The first-order valence-corrected chi connectivity index (χ1v) is 7.35. The molecule has 0 spiro atoms. The van der Waals surface area contributed by atoms with Crippen LogP contribution in [0, 0.1) is 13.8 Å². The number of amides is 1. The Morgan fingerprint density at radius 3 is 2.62 bits per heavy atom. The molecule has 6 heteroatoms. The highest BCUT2D eigenvalue weighted by molar-refractivity contribution is 6.01. The number of fused-ring (bicyclic) bond motifs is 1. The van der Waals surface area contributed by atoms with Gasteiger partial charge in [0.25, 0.3) is 5.91 Å². The van der Waals surface area contributed by atoms with E-state index in [4.69, 9.17) is 4.42 Å². The van der Waals surface area contributed by atoms with E-state index in [0.717, 1.165) is 11.4 Å². The van der Waals surface area contributed by atoms with E-state index in [-0.39, 0.29) is 11.4 Å². The van der Waals surface area contributed by atoms with E-state index in [2.05, 4.69) is 15.3 Å². The Kier molecular flexibility index (Phi) is 4.20. The molecular weight excluding hydrogens is 306 g/mol. The third-order valence-electron chi connectivity index (χ3n) is 3.34. The lowest BCUT2D eigenvalue weighted by Crippen LogP contribution is -2.12. The molecule has 0 aliphatic rings. The number of aryl methyl sites for hydroxylation is 2. The number of rotatable bonds is 3. The van der Waals surface area contributed by atoms with Crippen LogP contribution >= 0.6 is 0 Å². The monoisotopic (exact) mass is 321 g/mol. The zero-order chi connectivity index (χ0) is 17.1. The molecule has 0 fully saturated rings. The summed E-state index contributed by atoms with van der Waals surface area (Å²) in [6, 6.07) is 8.76. The minimum atomic E-state index is -0.424. The lowest BCUT2D eigenvalue weighted by Gasteiger charge is -2.03. The molecule has 0 saturated carbocycles. The number of carbonyl (C=O) groups excluding carboxylic acids is 1. The van der Waals surface area contributed by atoms with Crippen LogP contribution in [-0.4, -0.2) is 15.9 Å². The summed E-state index contributed by atoms with van der Waals surface area (Å²) >= 11 is 0. The number of benzene rings is 1. The summed E-state index contributed by atoms with van der Waals surface area (Å²) in [6.07, 6.45) is 4.00. The van der Waals surface area contributed by atoms with Crippen LogP contribution in [0.1, 0.15) is 17.0 Å². The molecule has 0 saturated heterocycles. The number of para-hydroxylation sites is 1. The molecule has 24 heavy (non-hydrogen) atoms. The summed E-state index contributed by atoms with van der Waals surface area (Å²) in [5, 5.41) is 3.04. The van der Waals surface area contributed by atoms with E-state index in [1.54, 1.807) is 24.3 Å². The van der Waals surface area contributed by atoms with Gasteiger partial charge in [0.05, 0.1) is 10.9 Å². The standard InChI is InChI=1S/C18H15N3O3/c1-11-9-12(2)20-18(19-11)21-16(22)8-7-13-10-24-15-6-4-3-5-14(15)17(13)23/h3-10H,1-2H3,(H,19,20,21,22)/b8-7+. The number of nitrogens with zero attached hydrogens (tertiary/aromatic N) is 2. The molecule has 0 bridgehead atoms. The van der Waals surface area contributed by atoms with E-state index in [1.165, 1.54) is 18.4 Å². The molecule has 2 aromatic heterocycles. The SMILES string of the molecule is Cc1cc(C)nc(NC(=O)/C=C/c2coc3ccccc3c2=O)n1. The van der Waals surface area contributed by atoms with Gasteiger partial charge in [-0.05, 0) is 38.1 Å². The van der Waals surface area contributed by atoms with E-state index < -0.39 is 5.91 Å². The number of hydrogen-bond acceptors (Lipinski definition) is 5. The van der Waals surface area contributed by atoms with Crippen LogP contribution < -0.4 is 10.7 Å². The summed E-state index contributed by atoms with van der Waals surface area (Å²) in [7, 11) is 0. The average Bonchev–Trinajstić information content (AvgIpc) is 2.53. The third kappa shape index (κ3) is 3.38. The van der Waals surface area contributed by atoms with Gasteiger partial charge in [0, 0.05) is 17.5 Å². The lowest BCUT2D eigenvalue weighted by molar-refractivity contribution is -0.111. The largest absolute Gasteiger partial charge is 0.463 e. The van der Waals surface area contributed by atoms with Crippen molar-refractivity contribution in [2.24, 2.45) is 0 Å². The molecule has 0 aliphatic heterocycles. The second-order valence-corrected chi connectivity index (χ2v) is 5.31. The van der Waals surface area contributed by atoms with E-state index in [0.29, 0.717) is 16.5 Å². The van der Waals surface area contributed by atoms with Crippen molar-refractivity contribution in [3.63, 3.8) is 0 Å². The molecule has 0 aliphatic carbocycles. The molecular formula is C18H15N3O3. The maximum absolute atomic E-state index is 12.3. The zero-order valence-corrected chi connectivity index (χ0v) is 13.2. The highest BCUT2D eigenvalue weighted by Crippen LogP contribution is 2.11. The Morgan fingerprint density at radius 1 is 1.17 bits per heavy atom. The van der Waals surface area contributed by atoms with Crippen molar-refractivity contribution in [2.45, 2.75) is 13.8 Å². The van der Waals surface area contributed by atoms with E-state index in [9.17, 15) is 9.59 Å². The number of aromatic nitrogens is 2. The molecule has 2 heterocycles. The van der Waals surface area contributed by atoms with Crippen LogP contribution in [0.15, 0.2) is 51.9 Å². The van der Waals surface area contributed by atoms with Crippen LogP contribution in [-0.2, 0) is 4.79 Å². The van der Waals surface area contributed by atoms with Crippen molar-refractivity contribution in [3.05, 3.63) is 69.8 Å². The van der Waals surface area contributed by atoms with Crippen LogP contribution in [0.2, 0.25) is 0 Å². The maximum Gasteiger partial charge on any atom is 0.250 e. The average molecular weight is 321 g/mol. The number of hydrogen-bond donors (Lipinski definition) is 1. The molecule has 0 unspecified atom stereocenters. The zero-order valence-electron chi connectivity index (χ0n) is 13.2. The summed E-state index contributed by atoms with van der Waals surface area (Å²) in [5.41, 5.74) is 2.13. The second-order valence-electron chi connectivity index (χ2n) is 5.31. The van der Waals surface area contributed by atoms with Crippen LogP contribution in [0.3, 0.4) is 0 Å². The summed E-state index contributed by atoms with van der Waals surface area (Å²) < 4.78 is 5.40. The lowest BCUT2D eigenvalue weighted by atomic mass is 10.1. The molecule has 0 atom stereocenters. The van der Waals surface area contributed by atoms with Crippen molar-refractivity contribution in [1.29, 1.82) is 0 Å². The van der Waals surface area contributed by atoms with Gasteiger partial charge in [0.1, 0.15) is 11.8 Å². The summed E-state index contributed by atoms with van der Waals surface area (Å²) in [5.74, 6) is -0.194. The number of nitrogens with one attached hydrogen (secondary N) is 1. The summed E-state index contributed by atoms with van der Waals surface area (Å²) in [4.78, 5) is 32.6. The minimum absolute atomic E-state index is 0.191. The first kappa shape index (κ1) is 15.6. The van der Waals surface area contributed by atoms with Gasteiger partial charge in [-0.2, -0.15) is 0 Å². The Labute approximate surface area is 137 Å². The molecule has 6 nitrogen and oxygen atoms in total. The highest BCUT2D eigenvalue weighted by Gasteiger charge is 2.06. The van der Waals surface area contributed by atoms with Gasteiger partial charge >= 0.3 is 0 Å². The van der Waals surface area contributed by atoms with Crippen molar-refractivity contribution in [1.82, 2.24) is 9.97 Å². The molecule has 3 aromatic rings. The van der Waals surface area contributed by atoms with Crippen LogP contribution in [0.25, 0.3) is 17.0 Å². The smallest absolute Gasteiger partial charge is 0.250 e. The fourth-order valence-electron chi connectivity index (χ4n) is 2.31. The molecule has 120 valence electrons. The second kappa shape index (κ2) is 6.45. The molecule has 1 amide bonds.